The fraction of sp³-hybridized carbons (Fsp3) is 0.222. The van der Waals surface area contributed by atoms with Crippen LogP contribution in [0.4, 0.5) is 5.69 Å². The van der Waals surface area contributed by atoms with Gasteiger partial charge in [-0.1, -0.05) is 35.9 Å². The van der Waals surface area contributed by atoms with Crippen molar-refractivity contribution in [3.05, 3.63) is 93.6 Å². The van der Waals surface area contributed by atoms with Crippen molar-refractivity contribution in [1.29, 1.82) is 0 Å². The average molecular weight is 556 g/mol. The predicted octanol–water partition coefficient (Wildman–Crippen LogP) is 5.18. The molecule has 0 atom stereocenters. The van der Waals surface area contributed by atoms with Crippen molar-refractivity contribution in [3.8, 4) is 17.0 Å². The van der Waals surface area contributed by atoms with Crippen LogP contribution < -0.4 is 9.54 Å². The highest BCUT2D eigenvalue weighted by atomic mass is 35.5. The van der Waals surface area contributed by atoms with Gasteiger partial charge in [0.1, 0.15) is 5.75 Å². The van der Waals surface area contributed by atoms with Crippen LogP contribution in [-0.2, 0) is 21.3 Å². The summed E-state index contributed by atoms with van der Waals surface area (Å²) in [4.78, 5) is 5.98. The standard InChI is InChI=1S/C27H26ClN3O4S2/c1-34-24-10-8-23(9-11-24)29-27-31(18-20-2-6-22(28)7-3-20)26(19-36-27)21-4-12-25(13-5-21)37(32,33)30-14-16-35-17-15-30/h2-13,19H,14-18H2,1H3. The van der Waals surface area contributed by atoms with E-state index >= 15 is 0 Å². The summed E-state index contributed by atoms with van der Waals surface area (Å²) in [5.41, 5.74) is 3.74. The normalized spacial score (nSPS) is 15.1. The number of hydrogen-bond acceptors (Lipinski definition) is 6. The maximum absolute atomic E-state index is 13.1. The highest BCUT2D eigenvalue weighted by molar-refractivity contribution is 7.89. The molecule has 0 bridgehead atoms. The Labute approximate surface area is 225 Å². The molecule has 0 aliphatic carbocycles. The molecule has 0 unspecified atom stereocenters. The summed E-state index contributed by atoms with van der Waals surface area (Å²) >= 11 is 7.63. The molecule has 1 saturated heterocycles. The third-order valence-electron chi connectivity index (χ3n) is 6.11. The molecule has 4 aromatic rings. The van der Waals surface area contributed by atoms with Gasteiger partial charge >= 0.3 is 0 Å². The summed E-state index contributed by atoms with van der Waals surface area (Å²) in [7, 11) is -1.92. The van der Waals surface area contributed by atoms with Gasteiger partial charge in [0.25, 0.3) is 0 Å². The summed E-state index contributed by atoms with van der Waals surface area (Å²) in [6.07, 6.45) is 0. The van der Waals surface area contributed by atoms with Gasteiger partial charge in [-0.05, 0) is 59.7 Å². The van der Waals surface area contributed by atoms with Crippen molar-refractivity contribution in [2.75, 3.05) is 33.4 Å². The average Bonchev–Trinajstić information content (AvgIpc) is 3.32. The summed E-state index contributed by atoms with van der Waals surface area (Å²) in [6, 6.07) is 22.4. The van der Waals surface area contributed by atoms with E-state index in [1.54, 1.807) is 19.2 Å². The SMILES string of the molecule is COc1ccc(N=c2scc(-c3ccc(S(=O)(=O)N4CCOCC4)cc3)n2Cc2ccc(Cl)cc2)cc1. The lowest BCUT2D eigenvalue weighted by Crippen LogP contribution is -2.40. The van der Waals surface area contributed by atoms with Crippen molar-refractivity contribution in [3.63, 3.8) is 0 Å². The molecule has 1 aliphatic rings. The molecule has 0 radical (unpaired) electrons. The number of halogens is 1. The maximum atomic E-state index is 13.1. The zero-order chi connectivity index (χ0) is 25.8. The van der Waals surface area contributed by atoms with Gasteiger partial charge in [0.05, 0.1) is 43.1 Å². The van der Waals surface area contributed by atoms with Crippen LogP contribution >= 0.6 is 22.9 Å². The Morgan fingerprint density at radius 1 is 0.973 bits per heavy atom. The molecule has 10 heteroatoms. The fourth-order valence-electron chi connectivity index (χ4n) is 4.08. The minimum absolute atomic E-state index is 0.278. The van der Waals surface area contributed by atoms with Crippen molar-refractivity contribution in [2.45, 2.75) is 11.4 Å². The van der Waals surface area contributed by atoms with Gasteiger partial charge in [-0.25, -0.2) is 13.4 Å². The first-order chi connectivity index (χ1) is 17.9. The second kappa shape index (κ2) is 11.2. The molecule has 1 fully saturated rings. The highest BCUT2D eigenvalue weighted by Crippen LogP contribution is 2.26. The summed E-state index contributed by atoms with van der Waals surface area (Å²) in [5.74, 6) is 0.770. The number of aromatic nitrogens is 1. The lowest BCUT2D eigenvalue weighted by Gasteiger charge is -2.26. The predicted molar refractivity (Wildman–Crippen MR) is 146 cm³/mol. The molecule has 0 saturated carbocycles. The quantitative estimate of drug-likeness (QED) is 0.315. The van der Waals surface area contributed by atoms with E-state index < -0.39 is 10.0 Å². The summed E-state index contributed by atoms with van der Waals surface area (Å²) in [6.45, 7) is 2.14. The Morgan fingerprint density at radius 2 is 1.65 bits per heavy atom. The molecule has 1 aliphatic heterocycles. The maximum Gasteiger partial charge on any atom is 0.243 e. The van der Waals surface area contributed by atoms with E-state index in [4.69, 9.17) is 26.1 Å². The number of ether oxygens (including phenoxy) is 2. The van der Waals surface area contributed by atoms with E-state index in [0.717, 1.165) is 33.1 Å². The van der Waals surface area contributed by atoms with Gasteiger partial charge in [-0.3, -0.25) is 0 Å². The van der Waals surface area contributed by atoms with E-state index in [1.807, 2.05) is 66.0 Å². The number of thiazole rings is 1. The number of rotatable bonds is 7. The molecule has 0 amide bonds. The molecular formula is C27H26ClN3O4S2. The Hall–Kier alpha value is -2.95. The van der Waals surface area contributed by atoms with Crippen molar-refractivity contribution >= 4 is 38.6 Å². The number of sulfonamides is 1. The van der Waals surface area contributed by atoms with Crippen LogP contribution in [0.25, 0.3) is 11.3 Å². The zero-order valence-corrected chi connectivity index (χ0v) is 22.6. The minimum Gasteiger partial charge on any atom is -0.497 e. The molecule has 0 N–H and O–H groups in total. The van der Waals surface area contributed by atoms with Crippen molar-refractivity contribution in [1.82, 2.24) is 8.87 Å². The molecule has 3 aromatic carbocycles. The van der Waals surface area contributed by atoms with Gasteiger partial charge < -0.3 is 14.0 Å². The Balaban J connectivity index is 1.52. The number of benzene rings is 3. The van der Waals surface area contributed by atoms with Crippen LogP contribution in [-0.4, -0.2) is 50.7 Å². The molecular weight excluding hydrogens is 530 g/mol. The third-order valence-corrected chi connectivity index (χ3v) is 9.14. The van der Waals surface area contributed by atoms with E-state index in [1.165, 1.54) is 15.6 Å². The third kappa shape index (κ3) is 5.81. The van der Waals surface area contributed by atoms with Gasteiger partial charge in [0.15, 0.2) is 4.80 Å². The smallest absolute Gasteiger partial charge is 0.243 e. The molecule has 7 nitrogen and oxygen atoms in total. The topological polar surface area (TPSA) is 73.1 Å². The van der Waals surface area contributed by atoms with E-state index in [0.29, 0.717) is 37.9 Å². The summed E-state index contributed by atoms with van der Waals surface area (Å²) < 4.78 is 40.3. The lowest BCUT2D eigenvalue weighted by atomic mass is 10.1. The zero-order valence-electron chi connectivity index (χ0n) is 20.2. The number of hydrogen-bond donors (Lipinski definition) is 0. The first-order valence-electron chi connectivity index (χ1n) is 11.7. The molecule has 2 heterocycles. The van der Waals surface area contributed by atoms with Crippen LogP contribution in [0.1, 0.15) is 5.56 Å². The van der Waals surface area contributed by atoms with E-state index in [-0.39, 0.29) is 4.90 Å². The Kier molecular flexibility index (Phi) is 7.78. The van der Waals surface area contributed by atoms with Gasteiger partial charge in [0.2, 0.25) is 10.0 Å². The second-order valence-electron chi connectivity index (χ2n) is 8.47. The first-order valence-corrected chi connectivity index (χ1v) is 14.4. The van der Waals surface area contributed by atoms with Crippen molar-refractivity contribution < 1.29 is 17.9 Å². The number of nitrogens with zero attached hydrogens (tertiary/aromatic N) is 3. The van der Waals surface area contributed by atoms with E-state index in [9.17, 15) is 8.42 Å². The number of methoxy groups -OCH3 is 1. The molecule has 192 valence electrons. The number of morpholine rings is 1. The second-order valence-corrected chi connectivity index (χ2v) is 11.7. The summed E-state index contributed by atoms with van der Waals surface area (Å²) in [5, 5.41) is 2.73. The molecule has 0 spiro atoms. The Bertz CT molecular complexity index is 1520. The van der Waals surface area contributed by atoms with Gasteiger partial charge in [-0.15, -0.1) is 11.3 Å². The molecule has 5 rings (SSSR count). The van der Waals surface area contributed by atoms with E-state index in [2.05, 4.69) is 4.57 Å². The largest absolute Gasteiger partial charge is 0.497 e. The van der Waals surface area contributed by atoms with Crippen LogP contribution in [0.2, 0.25) is 5.02 Å². The van der Waals surface area contributed by atoms with Crippen LogP contribution in [0.15, 0.2) is 88.1 Å². The minimum atomic E-state index is -3.56. The lowest BCUT2D eigenvalue weighted by molar-refractivity contribution is 0.0730. The molecule has 1 aromatic heterocycles. The monoisotopic (exact) mass is 555 g/mol. The molecule has 37 heavy (non-hydrogen) atoms. The fourth-order valence-corrected chi connectivity index (χ4v) is 6.54. The highest BCUT2D eigenvalue weighted by Gasteiger charge is 2.26. The van der Waals surface area contributed by atoms with Crippen LogP contribution in [0.5, 0.6) is 5.75 Å². The van der Waals surface area contributed by atoms with Gasteiger partial charge in [0, 0.05) is 23.5 Å². The van der Waals surface area contributed by atoms with Gasteiger partial charge in [-0.2, -0.15) is 4.31 Å². The van der Waals surface area contributed by atoms with Crippen LogP contribution in [0.3, 0.4) is 0 Å². The van der Waals surface area contributed by atoms with Crippen LogP contribution in [0, 0.1) is 0 Å². The first kappa shape index (κ1) is 25.7. The van der Waals surface area contributed by atoms with Crippen molar-refractivity contribution in [2.24, 2.45) is 4.99 Å². The Morgan fingerprint density at radius 3 is 2.30 bits per heavy atom.